The number of carboxylic acids is 1. The van der Waals surface area contributed by atoms with Crippen molar-refractivity contribution >= 4 is 35.1 Å². The molecule has 3 rings (SSSR count). The maximum atomic E-state index is 13.5. The Morgan fingerprint density at radius 1 is 1.00 bits per heavy atom. The monoisotopic (exact) mass is 452 g/mol. The normalized spacial score (nSPS) is 11.4. The lowest BCUT2D eigenvalue weighted by molar-refractivity contribution is -0.142. The van der Waals surface area contributed by atoms with Gasteiger partial charge in [-0.3, -0.25) is 4.79 Å². The summed E-state index contributed by atoms with van der Waals surface area (Å²) in [7, 11) is 0. The standard InChI is InChI=1S/C24H18Cl2N2O3/c25-19-10-11-20(21(26)13-19)23(29)28(15-18-9-5-4-8-17(18)14-27)22(24(30)31)12-16-6-2-1-3-7-16/h1-11,13,22H,12,15H2,(H,30,31). The third-order valence-electron chi connectivity index (χ3n) is 4.83. The second-order valence-corrected chi connectivity index (χ2v) is 7.71. The van der Waals surface area contributed by atoms with Crippen molar-refractivity contribution < 1.29 is 14.7 Å². The second kappa shape index (κ2) is 10.1. The van der Waals surface area contributed by atoms with Gasteiger partial charge in [0.15, 0.2) is 0 Å². The summed E-state index contributed by atoms with van der Waals surface area (Å²) in [6, 6.07) is 21.2. The summed E-state index contributed by atoms with van der Waals surface area (Å²) in [5, 5.41) is 19.9. The van der Waals surface area contributed by atoms with E-state index in [0.29, 0.717) is 16.1 Å². The zero-order valence-corrected chi connectivity index (χ0v) is 17.8. The molecule has 1 atom stereocenters. The minimum atomic E-state index is -1.17. The van der Waals surface area contributed by atoms with Crippen LogP contribution in [0.4, 0.5) is 0 Å². The van der Waals surface area contributed by atoms with Crippen molar-refractivity contribution in [3.8, 4) is 6.07 Å². The molecule has 0 radical (unpaired) electrons. The van der Waals surface area contributed by atoms with Crippen LogP contribution in [0.5, 0.6) is 0 Å². The van der Waals surface area contributed by atoms with Crippen LogP contribution in [0, 0.1) is 11.3 Å². The lowest BCUT2D eigenvalue weighted by atomic mass is 10.0. The Hall–Kier alpha value is -3.33. The predicted molar refractivity (Wildman–Crippen MR) is 119 cm³/mol. The van der Waals surface area contributed by atoms with Crippen LogP contribution in [-0.2, 0) is 17.8 Å². The molecule has 31 heavy (non-hydrogen) atoms. The number of carboxylic acid groups (broad SMARTS) is 1. The predicted octanol–water partition coefficient (Wildman–Crippen LogP) is 5.20. The van der Waals surface area contributed by atoms with Gasteiger partial charge in [-0.15, -0.1) is 0 Å². The SMILES string of the molecule is N#Cc1ccccc1CN(C(=O)c1ccc(Cl)cc1Cl)C(Cc1ccccc1)C(=O)O. The molecule has 3 aromatic rings. The first-order valence-electron chi connectivity index (χ1n) is 9.41. The Kier molecular flexibility index (Phi) is 7.30. The first kappa shape index (κ1) is 22.4. The fraction of sp³-hybridized carbons (Fsp3) is 0.125. The Morgan fingerprint density at radius 2 is 1.68 bits per heavy atom. The number of carbonyl (C=O) groups is 2. The van der Waals surface area contributed by atoms with Gasteiger partial charge in [0.1, 0.15) is 6.04 Å². The third kappa shape index (κ3) is 5.43. The molecule has 1 amide bonds. The smallest absolute Gasteiger partial charge is 0.326 e. The fourth-order valence-corrected chi connectivity index (χ4v) is 3.75. The summed E-state index contributed by atoms with van der Waals surface area (Å²) in [6.45, 7) is -0.0642. The van der Waals surface area contributed by atoms with Crippen molar-refractivity contribution in [2.45, 2.75) is 19.0 Å². The third-order valence-corrected chi connectivity index (χ3v) is 5.38. The number of amides is 1. The van der Waals surface area contributed by atoms with Crippen LogP contribution >= 0.6 is 23.2 Å². The van der Waals surface area contributed by atoms with E-state index in [-0.39, 0.29) is 23.6 Å². The topological polar surface area (TPSA) is 81.4 Å². The zero-order chi connectivity index (χ0) is 22.4. The average molecular weight is 453 g/mol. The molecular weight excluding hydrogens is 435 g/mol. The summed E-state index contributed by atoms with van der Waals surface area (Å²) < 4.78 is 0. The minimum Gasteiger partial charge on any atom is -0.480 e. The molecule has 0 saturated heterocycles. The molecule has 1 N–H and O–H groups in total. The van der Waals surface area contributed by atoms with E-state index in [9.17, 15) is 20.0 Å². The van der Waals surface area contributed by atoms with E-state index >= 15 is 0 Å². The average Bonchev–Trinajstić information content (AvgIpc) is 2.76. The van der Waals surface area contributed by atoms with Crippen LogP contribution < -0.4 is 0 Å². The van der Waals surface area contributed by atoms with Crippen molar-refractivity contribution in [3.05, 3.63) is 105 Å². The highest BCUT2D eigenvalue weighted by Crippen LogP contribution is 2.25. The van der Waals surface area contributed by atoms with Crippen molar-refractivity contribution in [1.29, 1.82) is 5.26 Å². The van der Waals surface area contributed by atoms with E-state index in [1.165, 1.54) is 23.1 Å². The first-order valence-corrected chi connectivity index (χ1v) is 10.2. The molecule has 0 aliphatic carbocycles. The van der Waals surface area contributed by atoms with Crippen molar-refractivity contribution in [3.63, 3.8) is 0 Å². The number of carbonyl (C=O) groups excluding carboxylic acids is 1. The molecule has 3 aromatic carbocycles. The van der Waals surface area contributed by atoms with Crippen LogP contribution in [0.25, 0.3) is 0 Å². The fourth-order valence-electron chi connectivity index (χ4n) is 3.26. The van der Waals surface area contributed by atoms with Gasteiger partial charge in [-0.25, -0.2) is 4.79 Å². The molecule has 0 spiro atoms. The largest absolute Gasteiger partial charge is 0.480 e. The van der Waals surface area contributed by atoms with Gasteiger partial charge in [0.05, 0.1) is 22.2 Å². The Bertz CT molecular complexity index is 1140. The molecule has 0 heterocycles. The Balaban J connectivity index is 2.06. The molecule has 0 saturated carbocycles. The molecule has 5 nitrogen and oxygen atoms in total. The van der Waals surface area contributed by atoms with Crippen LogP contribution in [0.1, 0.15) is 27.0 Å². The number of nitrogens with zero attached hydrogens (tertiary/aromatic N) is 2. The van der Waals surface area contributed by atoms with E-state index in [1.54, 1.807) is 48.5 Å². The number of hydrogen-bond donors (Lipinski definition) is 1. The molecule has 0 aromatic heterocycles. The maximum absolute atomic E-state index is 13.5. The van der Waals surface area contributed by atoms with Crippen LogP contribution in [-0.4, -0.2) is 27.9 Å². The van der Waals surface area contributed by atoms with Gasteiger partial charge in [0.2, 0.25) is 0 Å². The molecule has 0 bridgehead atoms. The molecule has 156 valence electrons. The summed E-state index contributed by atoms with van der Waals surface area (Å²) in [6.07, 6.45) is 0.0991. The van der Waals surface area contributed by atoms with E-state index in [0.717, 1.165) is 5.56 Å². The van der Waals surface area contributed by atoms with Gasteiger partial charge < -0.3 is 10.0 Å². The second-order valence-electron chi connectivity index (χ2n) is 6.87. The van der Waals surface area contributed by atoms with Gasteiger partial charge in [0.25, 0.3) is 5.91 Å². The van der Waals surface area contributed by atoms with Gasteiger partial charge >= 0.3 is 5.97 Å². The zero-order valence-electron chi connectivity index (χ0n) is 16.3. The first-order chi connectivity index (χ1) is 14.9. The maximum Gasteiger partial charge on any atom is 0.326 e. The minimum absolute atomic E-state index is 0.0642. The highest BCUT2D eigenvalue weighted by molar-refractivity contribution is 6.36. The lowest BCUT2D eigenvalue weighted by Gasteiger charge is -2.30. The molecule has 1 unspecified atom stereocenters. The summed E-state index contributed by atoms with van der Waals surface area (Å²) in [4.78, 5) is 27.0. The van der Waals surface area contributed by atoms with Crippen molar-refractivity contribution in [2.75, 3.05) is 0 Å². The van der Waals surface area contributed by atoms with Gasteiger partial charge in [0, 0.05) is 18.0 Å². The number of nitriles is 1. The van der Waals surface area contributed by atoms with Gasteiger partial charge in [-0.1, -0.05) is 71.7 Å². The molecule has 0 aliphatic heterocycles. The molecular formula is C24H18Cl2N2O3. The number of rotatable bonds is 7. The van der Waals surface area contributed by atoms with E-state index in [2.05, 4.69) is 6.07 Å². The summed E-state index contributed by atoms with van der Waals surface area (Å²) in [5.41, 5.74) is 1.82. The van der Waals surface area contributed by atoms with Crippen molar-refractivity contribution in [2.24, 2.45) is 0 Å². The number of benzene rings is 3. The van der Waals surface area contributed by atoms with Crippen molar-refractivity contribution in [1.82, 2.24) is 4.90 Å². The number of aliphatic carboxylic acids is 1. The molecule has 7 heteroatoms. The highest BCUT2D eigenvalue weighted by Gasteiger charge is 2.32. The molecule has 0 aliphatic rings. The van der Waals surface area contributed by atoms with Gasteiger partial charge in [-0.2, -0.15) is 5.26 Å². The summed E-state index contributed by atoms with van der Waals surface area (Å²) in [5.74, 6) is -1.71. The van der Waals surface area contributed by atoms with Crippen LogP contribution in [0.15, 0.2) is 72.8 Å². The quantitative estimate of drug-likeness (QED) is 0.533. The van der Waals surface area contributed by atoms with Gasteiger partial charge in [-0.05, 0) is 35.4 Å². The Labute approximate surface area is 190 Å². The lowest BCUT2D eigenvalue weighted by Crippen LogP contribution is -2.46. The van der Waals surface area contributed by atoms with Crippen LogP contribution in [0.3, 0.4) is 0 Å². The van der Waals surface area contributed by atoms with Crippen LogP contribution in [0.2, 0.25) is 10.0 Å². The van der Waals surface area contributed by atoms with E-state index in [1.807, 2.05) is 6.07 Å². The molecule has 0 fully saturated rings. The Morgan fingerprint density at radius 3 is 2.32 bits per heavy atom. The van der Waals surface area contributed by atoms with E-state index in [4.69, 9.17) is 23.2 Å². The summed E-state index contributed by atoms with van der Waals surface area (Å²) >= 11 is 12.2. The number of halogens is 2. The number of hydrogen-bond acceptors (Lipinski definition) is 3. The highest BCUT2D eigenvalue weighted by atomic mass is 35.5. The van der Waals surface area contributed by atoms with E-state index < -0.39 is 17.9 Å².